The highest BCUT2D eigenvalue weighted by Gasteiger charge is 2.18. The van der Waals surface area contributed by atoms with Gasteiger partial charge in [0.15, 0.2) is 11.5 Å². The van der Waals surface area contributed by atoms with Crippen LogP contribution >= 0.6 is 0 Å². The zero-order valence-electron chi connectivity index (χ0n) is 11.5. The van der Waals surface area contributed by atoms with Crippen LogP contribution in [0.2, 0.25) is 0 Å². The number of methoxy groups -OCH3 is 1. The van der Waals surface area contributed by atoms with Gasteiger partial charge >= 0.3 is 0 Å². The first-order chi connectivity index (χ1) is 8.63. The van der Waals surface area contributed by atoms with E-state index >= 15 is 0 Å². The molecule has 1 fully saturated rings. The van der Waals surface area contributed by atoms with E-state index in [9.17, 15) is 5.11 Å². The summed E-state index contributed by atoms with van der Waals surface area (Å²) in [6.45, 7) is 6.36. The Hall–Kier alpha value is -1.22. The molecule has 18 heavy (non-hydrogen) atoms. The van der Waals surface area contributed by atoms with E-state index < -0.39 is 0 Å². The number of rotatable bonds is 3. The summed E-state index contributed by atoms with van der Waals surface area (Å²) in [7, 11) is 1.61. The lowest BCUT2D eigenvalue weighted by Crippen LogP contribution is -2.28. The van der Waals surface area contributed by atoms with Crippen LogP contribution in [0.15, 0.2) is 6.07 Å². The van der Waals surface area contributed by atoms with Crippen LogP contribution < -0.4 is 10.1 Å². The van der Waals surface area contributed by atoms with Gasteiger partial charge in [-0.15, -0.1) is 0 Å². The van der Waals surface area contributed by atoms with Gasteiger partial charge in [0, 0.05) is 0 Å². The number of hydrogen-bond donors (Lipinski definition) is 2. The van der Waals surface area contributed by atoms with E-state index in [0.717, 1.165) is 31.0 Å². The van der Waals surface area contributed by atoms with Crippen LogP contribution in [0.3, 0.4) is 0 Å². The van der Waals surface area contributed by atoms with E-state index in [4.69, 9.17) is 4.74 Å². The molecule has 0 amide bonds. The van der Waals surface area contributed by atoms with Crippen LogP contribution in [-0.2, 0) is 6.42 Å². The molecular weight excluding hydrogens is 226 g/mol. The predicted molar refractivity (Wildman–Crippen MR) is 73.4 cm³/mol. The molecule has 1 heterocycles. The maximum Gasteiger partial charge on any atom is 0.163 e. The fourth-order valence-corrected chi connectivity index (χ4v) is 2.81. The van der Waals surface area contributed by atoms with Gasteiger partial charge in [0.1, 0.15) is 0 Å². The number of aromatic hydroxyl groups is 1. The van der Waals surface area contributed by atoms with Gasteiger partial charge in [0.2, 0.25) is 0 Å². The molecule has 0 atom stereocenters. The van der Waals surface area contributed by atoms with E-state index in [0.29, 0.717) is 5.75 Å². The second-order valence-corrected chi connectivity index (χ2v) is 5.24. The molecule has 3 heteroatoms. The van der Waals surface area contributed by atoms with Crippen molar-refractivity contribution in [3.05, 3.63) is 22.8 Å². The molecule has 0 aliphatic carbocycles. The van der Waals surface area contributed by atoms with Crippen LogP contribution in [0.25, 0.3) is 0 Å². The number of hydrogen-bond acceptors (Lipinski definition) is 3. The normalized spacial score (nSPS) is 16.8. The van der Waals surface area contributed by atoms with Gasteiger partial charge in [-0.3, -0.25) is 0 Å². The minimum absolute atomic E-state index is 0.268. The Bertz CT molecular complexity index is 423. The second kappa shape index (κ2) is 5.61. The van der Waals surface area contributed by atoms with Crippen molar-refractivity contribution in [1.29, 1.82) is 0 Å². The van der Waals surface area contributed by atoms with Gasteiger partial charge in [0.05, 0.1) is 7.11 Å². The van der Waals surface area contributed by atoms with E-state index in [1.807, 2.05) is 13.0 Å². The van der Waals surface area contributed by atoms with Crippen molar-refractivity contribution in [1.82, 2.24) is 5.32 Å². The maximum atomic E-state index is 9.99. The number of benzene rings is 1. The molecule has 1 aliphatic rings. The van der Waals surface area contributed by atoms with Crippen molar-refractivity contribution in [2.45, 2.75) is 33.1 Å². The number of ether oxygens (including phenoxy) is 1. The molecule has 100 valence electrons. The van der Waals surface area contributed by atoms with Crippen molar-refractivity contribution in [2.24, 2.45) is 5.92 Å². The standard InChI is InChI=1S/C15H23NO2/c1-10-11(2)15(18-3)14(17)9-13(10)8-12-4-6-16-7-5-12/h9,12,16-17H,4-8H2,1-3H3. The summed E-state index contributed by atoms with van der Waals surface area (Å²) in [5, 5.41) is 13.4. The topological polar surface area (TPSA) is 41.5 Å². The summed E-state index contributed by atoms with van der Waals surface area (Å²) >= 11 is 0. The SMILES string of the molecule is COc1c(O)cc(CC2CCNCC2)c(C)c1C. The fourth-order valence-electron chi connectivity index (χ4n) is 2.81. The molecule has 2 N–H and O–H groups in total. The van der Waals surface area contributed by atoms with Crippen molar-refractivity contribution in [3.63, 3.8) is 0 Å². The summed E-state index contributed by atoms with van der Waals surface area (Å²) in [4.78, 5) is 0. The predicted octanol–water partition coefficient (Wildman–Crippen LogP) is 2.56. The lowest BCUT2D eigenvalue weighted by Gasteiger charge is -2.24. The van der Waals surface area contributed by atoms with E-state index in [1.54, 1.807) is 7.11 Å². The molecular formula is C15H23NO2. The van der Waals surface area contributed by atoms with Gasteiger partial charge in [-0.05, 0) is 74.9 Å². The Morgan fingerprint density at radius 2 is 1.94 bits per heavy atom. The number of nitrogens with one attached hydrogen (secondary N) is 1. The van der Waals surface area contributed by atoms with E-state index in [1.165, 1.54) is 24.0 Å². The zero-order valence-corrected chi connectivity index (χ0v) is 11.5. The largest absolute Gasteiger partial charge is 0.504 e. The molecule has 1 aromatic rings. The fraction of sp³-hybridized carbons (Fsp3) is 0.600. The van der Waals surface area contributed by atoms with Crippen molar-refractivity contribution in [3.8, 4) is 11.5 Å². The third kappa shape index (κ3) is 2.61. The van der Waals surface area contributed by atoms with Crippen molar-refractivity contribution < 1.29 is 9.84 Å². The summed E-state index contributed by atoms with van der Waals surface area (Å²) < 4.78 is 5.24. The van der Waals surface area contributed by atoms with E-state index in [2.05, 4.69) is 12.2 Å². The Labute approximate surface area is 109 Å². The average Bonchev–Trinajstić information content (AvgIpc) is 2.37. The molecule has 1 saturated heterocycles. The van der Waals surface area contributed by atoms with Gasteiger partial charge in [-0.25, -0.2) is 0 Å². The molecule has 0 unspecified atom stereocenters. The first-order valence-corrected chi connectivity index (χ1v) is 6.70. The van der Waals surface area contributed by atoms with Crippen LogP contribution in [0, 0.1) is 19.8 Å². The minimum atomic E-state index is 0.268. The summed E-state index contributed by atoms with van der Waals surface area (Å²) in [5.74, 6) is 1.61. The molecule has 1 aliphatic heterocycles. The summed E-state index contributed by atoms with van der Waals surface area (Å²) in [5.41, 5.74) is 3.57. The Balaban J connectivity index is 2.22. The van der Waals surface area contributed by atoms with Gasteiger partial charge < -0.3 is 15.2 Å². The smallest absolute Gasteiger partial charge is 0.163 e. The Morgan fingerprint density at radius 1 is 1.28 bits per heavy atom. The molecule has 1 aromatic carbocycles. The Morgan fingerprint density at radius 3 is 2.56 bits per heavy atom. The second-order valence-electron chi connectivity index (χ2n) is 5.24. The number of piperidine rings is 1. The molecule has 0 bridgehead atoms. The maximum absolute atomic E-state index is 9.99. The van der Waals surface area contributed by atoms with E-state index in [-0.39, 0.29) is 5.75 Å². The van der Waals surface area contributed by atoms with Crippen LogP contribution in [0.5, 0.6) is 11.5 Å². The van der Waals surface area contributed by atoms with Crippen molar-refractivity contribution in [2.75, 3.05) is 20.2 Å². The first-order valence-electron chi connectivity index (χ1n) is 6.70. The van der Waals surface area contributed by atoms with Crippen molar-refractivity contribution >= 4 is 0 Å². The minimum Gasteiger partial charge on any atom is -0.504 e. The third-order valence-corrected chi connectivity index (χ3v) is 4.10. The van der Waals surface area contributed by atoms with Crippen LogP contribution in [0.1, 0.15) is 29.5 Å². The Kier molecular flexibility index (Phi) is 4.12. The zero-order chi connectivity index (χ0) is 13.1. The summed E-state index contributed by atoms with van der Waals surface area (Å²) in [6, 6.07) is 1.88. The van der Waals surface area contributed by atoms with Gasteiger partial charge in [0.25, 0.3) is 0 Å². The molecule has 3 nitrogen and oxygen atoms in total. The highest BCUT2D eigenvalue weighted by molar-refractivity contribution is 5.52. The highest BCUT2D eigenvalue weighted by Crippen LogP contribution is 2.35. The van der Waals surface area contributed by atoms with Crippen LogP contribution in [0.4, 0.5) is 0 Å². The molecule has 0 radical (unpaired) electrons. The van der Waals surface area contributed by atoms with Gasteiger partial charge in [-0.1, -0.05) is 0 Å². The number of phenolic OH excluding ortho intramolecular Hbond substituents is 1. The summed E-state index contributed by atoms with van der Waals surface area (Å²) in [6.07, 6.45) is 3.52. The van der Waals surface area contributed by atoms with Crippen LogP contribution in [-0.4, -0.2) is 25.3 Å². The lowest BCUT2D eigenvalue weighted by atomic mass is 9.88. The number of phenols is 1. The average molecular weight is 249 g/mol. The highest BCUT2D eigenvalue weighted by atomic mass is 16.5. The molecule has 0 saturated carbocycles. The lowest BCUT2D eigenvalue weighted by molar-refractivity contribution is 0.363. The molecule has 2 rings (SSSR count). The molecule has 0 spiro atoms. The monoisotopic (exact) mass is 249 g/mol. The first kappa shape index (κ1) is 13.2. The quantitative estimate of drug-likeness (QED) is 0.865. The van der Waals surface area contributed by atoms with Gasteiger partial charge in [-0.2, -0.15) is 0 Å². The third-order valence-electron chi connectivity index (χ3n) is 4.10. The molecule has 0 aromatic heterocycles.